The van der Waals surface area contributed by atoms with Crippen LogP contribution in [-0.2, 0) is 65.8 Å². The Labute approximate surface area is 458 Å². The van der Waals surface area contributed by atoms with Gasteiger partial charge in [-0.3, -0.25) is 9.59 Å². The van der Waals surface area contributed by atoms with E-state index in [9.17, 15) is 19.2 Å². The van der Waals surface area contributed by atoms with E-state index in [0.29, 0.717) is 80.4 Å². The van der Waals surface area contributed by atoms with Crippen molar-refractivity contribution in [2.24, 2.45) is 10.2 Å². The molecular weight excluding hydrogens is 1060 g/mol. The molecule has 0 atom stereocenters. The standard InChI is InChI=1S/C27H26N6O4S2.C27H26N6O3S2/c1-36-16-37-26(35)25-23(10-5-12-29-32-28)39-27(31-25)33-13-11-17-6-4-7-18(19(17)15-33)21(34)14-24-30-20-8-2-3-9-22(20)38-24;1-2-36-26(35)25-23(11-6-13-29-32-28)38-27(31-25)33-14-12-17-7-5-8-18(19(17)16-33)21(34)15-24-30-20-9-3-4-10-22(20)37-24/h2-4,6-9H,5,10-16H2,1H3;3-5,7-10H,2,6,11-16H2,1H3. The molecule has 0 N–H and O–H groups in total. The highest BCUT2D eigenvalue weighted by atomic mass is 32.1. The Kier molecular flexibility index (Phi) is 18.3. The van der Waals surface area contributed by atoms with Crippen molar-refractivity contribution in [3.63, 3.8) is 0 Å². The molecule has 19 nitrogen and oxygen atoms in total. The zero-order valence-corrected chi connectivity index (χ0v) is 45.5. The van der Waals surface area contributed by atoms with Gasteiger partial charge in [-0.2, -0.15) is 0 Å². The van der Waals surface area contributed by atoms with Gasteiger partial charge in [0.2, 0.25) is 0 Å². The molecule has 2 aliphatic rings. The molecule has 6 heterocycles. The number of anilines is 2. The third-order valence-electron chi connectivity index (χ3n) is 12.8. The number of carbonyl (C=O) groups is 4. The van der Waals surface area contributed by atoms with Crippen LogP contribution in [0.5, 0.6) is 0 Å². The maximum atomic E-state index is 13.5. The number of rotatable bonds is 21. The molecule has 4 aromatic carbocycles. The van der Waals surface area contributed by atoms with Gasteiger partial charge in [0.05, 0.1) is 39.9 Å². The summed E-state index contributed by atoms with van der Waals surface area (Å²) in [5.74, 6) is -0.914. The van der Waals surface area contributed by atoms with E-state index in [1.807, 2.05) is 72.8 Å². The lowest BCUT2D eigenvalue weighted by Crippen LogP contribution is -2.31. The summed E-state index contributed by atoms with van der Waals surface area (Å²) >= 11 is 5.98. The van der Waals surface area contributed by atoms with Crippen molar-refractivity contribution >= 4 is 99.5 Å². The van der Waals surface area contributed by atoms with Gasteiger partial charge in [-0.25, -0.2) is 29.5 Å². The Balaban J connectivity index is 0.000000188. The Bertz CT molecular complexity index is 3490. The molecule has 0 spiro atoms. The normalized spacial score (nSPS) is 12.7. The lowest BCUT2D eigenvalue weighted by Gasteiger charge is -2.29. The minimum Gasteiger partial charge on any atom is -0.461 e. The van der Waals surface area contributed by atoms with E-state index in [4.69, 9.17) is 25.3 Å². The number of carbonyl (C=O) groups excluding carboxylic acids is 4. The predicted octanol–water partition coefficient (Wildman–Crippen LogP) is 11.9. The van der Waals surface area contributed by atoms with Gasteiger partial charge in [0.15, 0.2) is 40.0 Å². The van der Waals surface area contributed by atoms with Crippen LogP contribution < -0.4 is 9.80 Å². The number of aryl methyl sites for hydroxylation is 2. The van der Waals surface area contributed by atoms with E-state index in [2.05, 4.69) is 61.9 Å². The Morgan fingerprint density at radius 3 is 1.52 bits per heavy atom. The number of hydrogen-bond donors (Lipinski definition) is 0. The van der Waals surface area contributed by atoms with Crippen LogP contribution in [0, 0.1) is 0 Å². The molecule has 77 heavy (non-hydrogen) atoms. The summed E-state index contributed by atoms with van der Waals surface area (Å²) in [6.45, 7) is 5.03. The van der Waals surface area contributed by atoms with Gasteiger partial charge < -0.3 is 24.0 Å². The van der Waals surface area contributed by atoms with Gasteiger partial charge in [-0.05, 0) is 103 Å². The van der Waals surface area contributed by atoms with E-state index in [1.54, 1.807) is 29.6 Å². The zero-order valence-electron chi connectivity index (χ0n) is 42.3. The number of aromatic nitrogens is 4. The molecule has 0 amide bonds. The Hall–Kier alpha value is -7.62. The number of fused-ring (bicyclic) bond motifs is 4. The van der Waals surface area contributed by atoms with Crippen molar-refractivity contribution in [1.82, 2.24) is 19.9 Å². The summed E-state index contributed by atoms with van der Waals surface area (Å²) in [4.78, 5) is 82.2. The van der Waals surface area contributed by atoms with Crippen LogP contribution in [0.2, 0.25) is 0 Å². The fourth-order valence-electron chi connectivity index (χ4n) is 9.16. The predicted molar refractivity (Wildman–Crippen MR) is 300 cm³/mol. The number of nitrogens with zero attached hydrogens (tertiary/aromatic N) is 12. The quantitative estimate of drug-likeness (QED) is 0.0124. The highest BCUT2D eigenvalue weighted by Crippen LogP contribution is 2.36. The van der Waals surface area contributed by atoms with E-state index in [-0.39, 0.29) is 43.5 Å². The number of ketones is 2. The van der Waals surface area contributed by atoms with Gasteiger partial charge in [0, 0.05) is 77.1 Å². The number of para-hydroxylation sites is 2. The van der Waals surface area contributed by atoms with E-state index < -0.39 is 11.9 Å². The fraction of sp³-hybridized carbons (Fsp3) is 0.333. The summed E-state index contributed by atoms with van der Waals surface area (Å²) in [6.07, 6.45) is 4.35. The molecular formula is C54H52N12O7S4. The molecule has 0 unspecified atom stereocenters. The number of azide groups is 2. The number of hydrogen-bond acceptors (Lipinski definition) is 19. The van der Waals surface area contributed by atoms with E-state index in [1.165, 1.54) is 29.8 Å². The third kappa shape index (κ3) is 13.1. The average molecular weight is 1110 g/mol. The van der Waals surface area contributed by atoms with E-state index >= 15 is 0 Å². The molecule has 0 saturated carbocycles. The van der Waals surface area contributed by atoms with Gasteiger partial charge in [0.25, 0.3) is 0 Å². The Morgan fingerprint density at radius 2 is 1.08 bits per heavy atom. The van der Waals surface area contributed by atoms with Crippen molar-refractivity contribution in [2.75, 3.05) is 56.5 Å². The highest BCUT2D eigenvalue weighted by molar-refractivity contribution is 7.19. The van der Waals surface area contributed by atoms with Crippen molar-refractivity contribution in [3.05, 3.63) is 170 Å². The maximum Gasteiger partial charge on any atom is 0.360 e. The third-order valence-corrected chi connectivity index (χ3v) is 17.2. The number of methoxy groups -OCH3 is 1. The van der Waals surface area contributed by atoms with Gasteiger partial charge in [0.1, 0.15) is 10.0 Å². The summed E-state index contributed by atoms with van der Waals surface area (Å²) in [7, 11) is 1.45. The number of benzene rings is 4. The van der Waals surface area contributed by atoms with Gasteiger partial charge >= 0.3 is 11.9 Å². The SMILES string of the molecule is CCOC(=O)c1nc(N2CCc3cccc(C(=O)Cc4nc5ccccc5s4)c3C2)sc1CCCN=[N+]=[N-].COCOC(=O)c1nc(N2CCc3cccc(C(=O)Cc4nc5ccccc5s4)c3C2)sc1CCCN=[N+]=[N-]. The van der Waals surface area contributed by atoms with Crippen molar-refractivity contribution in [3.8, 4) is 0 Å². The average Bonchev–Trinajstić information content (AvgIpc) is 4.29. The molecule has 0 aliphatic carbocycles. The minimum atomic E-state index is -0.553. The van der Waals surface area contributed by atoms with Crippen LogP contribution in [-0.4, -0.2) is 90.1 Å². The van der Waals surface area contributed by atoms with Crippen LogP contribution in [0.3, 0.4) is 0 Å². The fourth-order valence-corrected chi connectivity index (χ4v) is 13.3. The molecule has 0 radical (unpaired) electrons. The first-order valence-electron chi connectivity index (χ1n) is 25.0. The smallest absolute Gasteiger partial charge is 0.360 e. The van der Waals surface area contributed by atoms with Crippen molar-refractivity contribution < 1.29 is 33.4 Å². The molecule has 2 aliphatic heterocycles. The van der Waals surface area contributed by atoms with Gasteiger partial charge in [-0.1, -0.05) is 70.9 Å². The molecule has 8 aromatic rings. The first-order valence-corrected chi connectivity index (χ1v) is 28.2. The monoisotopic (exact) mass is 1110 g/mol. The summed E-state index contributed by atoms with van der Waals surface area (Å²) in [5, 5.41) is 10.2. The molecule has 0 fully saturated rings. The van der Waals surface area contributed by atoms with Crippen LogP contribution >= 0.6 is 45.3 Å². The van der Waals surface area contributed by atoms with Gasteiger partial charge in [-0.15, -0.1) is 45.3 Å². The maximum absolute atomic E-state index is 13.5. The Morgan fingerprint density at radius 1 is 0.610 bits per heavy atom. The minimum absolute atomic E-state index is 0.0365. The summed E-state index contributed by atoms with van der Waals surface area (Å²) < 4.78 is 17.4. The van der Waals surface area contributed by atoms with Crippen LogP contribution in [0.1, 0.15) is 103 Å². The second-order valence-electron chi connectivity index (χ2n) is 17.8. The van der Waals surface area contributed by atoms with Crippen LogP contribution in [0.4, 0.5) is 10.3 Å². The second kappa shape index (κ2) is 25.9. The summed E-state index contributed by atoms with van der Waals surface area (Å²) in [6, 6.07) is 27.6. The zero-order chi connectivity index (χ0) is 53.7. The molecule has 0 bridgehead atoms. The van der Waals surface area contributed by atoms with E-state index in [0.717, 1.165) is 87.0 Å². The lowest BCUT2D eigenvalue weighted by molar-refractivity contribution is -0.0130. The number of thiazole rings is 4. The molecule has 10 rings (SSSR count). The second-order valence-corrected chi connectivity index (χ2v) is 22.1. The number of esters is 2. The number of ether oxygens (including phenoxy) is 3. The first kappa shape index (κ1) is 54.2. The molecule has 23 heteroatoms. The topological polar surface area (TPSA) is 252 Å². The van der Waals surface area contributed by atoms with Crippen molar-refractivity contribution in [2.45, 2.75) is 71.4 Å². The highest BCUT2D eigenvalue weighted by Gasteiger charge is 2.29. The van der Waals surface area contributed by atoms with Crippen molar-refractivity contribution in [1.29, 1.82) is 0 Å². The molecule has 4 aromatic heterocycles. The van der Waals surface area contributed by atoms with Crippen LogP contribution in [0.15, 0.2) is 95.2 Å². The molecule has 0 saturated heterocycles. The lowest BCUT2D eigenvalue weighted by atomic mass is 9.92. The van der Waals surface area contributed by atoms with Crippen LogP contribution in [0.25, 0.3) is 41.3 Å². The largest absolute Gasteiger partial charge is 0.461 e. The summed E-state index contributed by atoms with van der Waals surface area (Å²) in [5.41, 5.74) is 25.2. The molecule has 394 valence electrons. The first-order chi connectivity index (χ1) is 37.6. The number of Topliss-reactive ketones (excluding diaryl/α,β-unsaturated/α-hetero) is 2.